The number of piperidine rings is 1. The standard InChI is InChI=1S/C18H20N4O3/c23-17(13-2-3-15-16(12-13)25-11-10-24-15)21-14-4-8-22(9-5-14)18-19-6-1-7-20-18/h1-3,6-7,12,14H,4-5,8-11H2,(H,21,23). The van der Waals surface area contributed by atoms with Crippen LogP contribution in [0.1, 0.15) is 23.2 Å². The number of nitrogens with zero attached hydrogens (tertiary/aromatic N) is 3. The molecule has 1 aromatic heterocycles. The number of fused-ring (bicyclic) bond motifs is 1. The third-order valence-corrected chi connectivity index (χ3v) is 4.47. The molecule has 1 aromatic carbocycles. The number of aromatic nitrogens is 2. The molecule has 4 rings (SSSR count). The Morgan fingerprint density at radius 3 is 2.56 bits per heavy atom. The molecule has 1 N–H and O–H groups in total. The number of rotatable bonds is 3. The van der Waals surface area contributed by atoms with Gasteiger partial charge in [-0.3, -0.25) is 4.79 Å². The van der Waals surface area contributed by atoms with Crippen LogP contribution in [0.2, 0.25) is 0 Å². The summed E-state index contributed by atoms with van der Waals surface area (Å²) in [4.78, 5) is 23.2. The molecule has 2 aliphatic heterocycles. The maximum atomic E-state index is 12.5. The predicted molar refractivity (Wildman–Crippen MR) is 92.2 cm³/mol. The van der Waals surface area contributed by atoms with Crippen LogP contribution in [-0.2, 0) is 0 Å². The third-order valence-electron chi connectivity index (χ3n) is 4.47. The first-order valence-corrected chi connectivity index (χ1v) is 8.52. The number of carbonyl (C=O) groups excluding carboxylic acids is 1. The summed E-state index contributed by atoms with van der Waals surface area (Å²) < 4.78 is 11.0. The van der Waals surface area contributed by atoms with Gasteiger partial charge in [0.1, 0.15) is 13.2 Å². The van der Waals surface area contributed by atoms with Crippen LogP contribution in [0.3, 0.4) is 0 Å². The van der Waals surface area contributed by atoms with Gasteiger partial charge in [0, 0.05) is 37.1 Å². The van der Waals surface area contributed by atoms with Gasteiger partial charge < -0.3 is 19.7 Å². The van der Waals surface area contributed by atoms with E-state index in [4.69, 9.17) is 9.47 Å². The highest BCUT2D eigenvalue weighted by atomic mass is 16.6. The Morgan fingerprint density at radius 2 is 1.80 bits per heavy atom. The minimum Gasteiger partial charge on any atom is -0.486 e. The molecule has 3 heterocycles. The Balaban J connectivity index is 1.35. The number of hydrogen-bond acceptors (Lipinski definition) is 6. The molecule has 2 aliphatic rings. The molecule has 2 aromatic rings. The normalized spacial score (nSPS) is 17.2. The first-order valence-electron chi connectivity index (χ1n) is 8.52. The average molecular weight is 340 g/mol. The lowest BCUT2D eigenvalue weighted by molar-refractivity contribution is 0.0930. The second-order valence-corrected chi connectivity index (χ2v) is 6.14. The fourth-order valence-electron chi connectivity index (χ4n) is 3.13. The van der Waals surface area contributed by atoms with Gasteiger partial charge >= 0.3 is 0 Å². The largest absolute Gasteiger partial charge is 0.486 e. The molecule has 0 saturated carbocycles. The van der Waals surface area contributed by atoms with E-state index in [1.165, 1.54) is 0 Å². The van der Waals surface area contributed by atoms with Crippen molar-refractivity contribution in [1.82, 2.24) is 15.3 Å². The molecule has 1 fully saturated rings. The van der Waals surface area contributed by atoms with E-state index in [-0.39, 0.29) is 11.9 Å². The minimum absolute atomic E-state index is 0.0774. The average Bonchev–Trinajstić information content (AvgIpc) is 2.69. The van der Waals surface area contributed by atoms with Crippen LogP contribution in [0.15, 0.2) is 36.7 Å². The van der Waals surface area contributed by atoms with Crippen molar-refractivity contribution in [3.05, 3.63) is 42.2 Å². The summed E-state index contributed by atoms with van der Waals surface area (Å²) >= 11 is 0. The minimum atomic E-state index is -0.0774. The number of benzene rings is 1. The molecule has 130 valence electrons. The lowest BCUT2D eigenvalue weighted by atomic mass is 10.0. The van der Waals surface area contributed by atoms with Crippen LogP contribution in [0, 0.1) is 0 Å². The van der Waals surface area contributed by atoms with E-state index in [1.807, 2.05) is 6.07 Å². The van der Waals surface area contributed by atoms with Crippen molar-refractivity contribution in [2.45, 2.75) is 18.9 Å². The number of anilines is 1. The van der Waals surface area contributed by atoms with Gasteiger partial charge in [0.25, 0.3) is 5.91 Å². The Kier molecular flexibility index (Phi) is 4.37. The van der Waals surface area contributed by atoms with Gasteiger partial charge in [-0.1, -0.05) is 0 Å². The van der Waals surface area contributed by atoms with Crippen molar-refractivity contribution in [2.75, 3.05) is 31.2 Å². The van der Waals surface area contributed by atoms with E-state index in [0.29, 0.717) is 30.3 Å². The van der Waals surface area contributed by atoms with Crippen LogP contribution in [0.5, 0.6) is 11.5 Å². The Bertz CT molecular complexity index is 745. The monoisotopic (exact) mass is 340 g/mol. The van der Waals surface area contributed by atoms with E-state index >= 15 is 0 Å². The molecule has 0 aliphatic carbocycles. The third kappa shape index (κ3) is 3.50. The quantitative estimate of drug-likeness (QED) is 0.915. The van der Waals surface area contributed by atoms with Crippen molar-refractivity contribution in [3.63, 3.8) is 0 Å². The van der Waals surface area contributed by atoms with E-state index in [0.717, 1.165) is 31.9 Å². The first-order chi connectivity index (χ1) is 12.3. The molecule has 1 amide bonds. The van der Waals surface area contributed by atoms with Gasteiger partial charge in [-0.05, 0) is 37.1 Å². The van der Waals surface area contributed by atoms with Crippen molar-refractivity contribution >= 4 is 11.9 Å². The lowest BCUT2D eigenvalue weighted by Crippen LogP contribution is -2.45. The summed E-state index contributed by atoms with van der Waals surface area (Å²) in [5.74, 6) is 2.00. The van der Waals surface area contributed by atoms with E-state index in [2.05, 4.69) is 20.2 Å². The highest BCUT2D eigenvalue weighted by Gasteiger charge is 2.23. The summed E-state index contributed by atoms with van der Waals surface area (Å²) in [6.07, 6.45) is 5.24. The van der Waals surface area contributed by atoms with Crippen molar-refractivity contribution < 1.29 is 14.3 Å². The molecule has 0 atom stereocenters. The number of ether oxygens (including phenoxy) is 2. The topological polar surface area (TPSA) is 76.6 Å². The van der Waals surface area contributed by atoms with Crippen LogP contribution >= 0.6 is 0 Å². The Hall–Kier alpha value is -2.83. The van der Waals surface area contributed by atoms with Gasteiger partial charge in [-0.25, -0.2) is 9.97 Å². The predicted octanol–water partition coefficient (Wildman–Crippen LogP) is 1.65. The zero-order valence-corrected chi connectivity index (χ0v) is 13.9. The first kappa shape index (κ1) is 15.7. The molecule has 7 heteroatoms. The molecule has 7 nitrogen and oxygen atoms in total. The molecule has 1 saturated heterocycles. The maximum absolute atomic E-state index is 12.5. The summed E-state index contributed by atoms with van der Waals surface area (Å²) in [7, 11) is 0. The molecular formula is C18H20N4O3. The van der Waals surface area contributed by atoms with Gasteiger partial charge in [0.05, 0.1) is 0 Å². The molecular weight excluding hydrogens is 320 g/mol. The number of amides is 1. The Morgan fingerprint density at radius 1 is 1.08 bits per heavy atom. The molecule has 0 spiro atoms. The molecule has 25 heavy (non-hydrogen) atoms. The molecule has 0 unspecified atom stereocenters. The second-order valence-electron chi connectivity index (χ2n) is 6.14. The van der Waals surface area contributed by atoms with Crippen molar-refractivity contribution in [2.24, 2.45) is 0 Å². The number of hydrogen-bond donors (Lipinski definition) is 1. The fourth-order valence-corrected chi connectivity index (χ4v) is 3.13. The summed E-state index contributed by atoms with van der Waals surface area (Å²) in [5.41, 5.74) is 0.595. The van der Waals surface area contributed by atoms with Crippen LogP contribution in [0.4, 0.5) is 5.95 Å². The van der Waals surface area contributed by atoms with Crippen LogP contribution in [-0.4, -0.2) is 48.2 Å². The van der Waals surface area contributed by atoms with Crippen LogP contribution in [0.25, 0.3) is 0 Å². The highest BCUT2D eigenvalue weighted by molar-refractivity contribution is 5.95. The van der Waals surface area contributed by atoms with Crippen LogP contribution < -0.4 is 19.7 Å². The maximum Gasteiger partial charge on any atom is 0.251 e. The number of carbonyl (C=O) groups is 1. The summed E-state index contributed by atoms with van der Waals surface area (Å²) in [5, 5.41) is 3.11. The summed E-state index contributed by atoms with van der Waals surface area (Å²) in [6, 6.07) is 7.27. The SMILES string of the molecule is O=C(NC1CCN(c2ncccn2)CC1)c1ccc2c(c1)OCCO2. The van der Waals surface area contributed by atoms with Gasteiger partial charge in [0.15, 0.2) is 11.5 Å². The van der Waals surface area contributed by atoms with E-state index in [1.54, 1.807) is 30.6 Å². The van der Waals surface area contributed by atoms with Gasteiger partial charge in [-0.15, -0.1) is 0 Å². The van der Waals surface area contributed by atoms with Crippen molar-refractivity contribution in [3.8, 4) is 11.5 Å². The molecule has 0 bridgehead atoms. The highest BCUT2D eigenvalue weighted by Crippen LogP contribution is 2.30. The smallest absolute Gasteiger partial charge is 0.251 e. The zero-order valence-electron chi connectivity index (χ0n) is 13.9. The Labute approximate surface area is 146 Å². The fraction of sp³-hybridized carbons (Fsp3) is 0.389. The van der Waals surface area contributed by atoms with Gasteiger partial charge in [0.2, 0.25) is 5.95 Å². The zero-order chi connectivity index (χ0) is 17.1. The van der Waals surface area contributed by atoms with Crippen molar-refractivity contribution in [1.29, 1.82) is 0 Å². The molecule has 0 radical (unpaired) electrons. The number of nitrogens with one attached hydrogen (secondary N) is 1. The van der Waals surface area contributed by atoms with E-state index < -0.39 is 0 Å². The lowest BCUT2D eigenvalue weighted by Gasteiger charge is -2.32. The van der Waals surface area contributed by atoms with Gasteiger partial charge in [-0.2, -0.15) is 0 Å². The second kappa shape index (κ2) is 6.96. The van der Waals surface area contributed by atoms with E-state index in [9.17, 15) is 4.79 Å². The summed E-state index contributed by atoms with van der Waals surface area (Å²) in [6.45, 7) is 2.71.